The molecule has 0 saturated carbocycles. The predicted octanol–water partition coefficient (Wildman–Crippen LogP) is 1.69. The normalized spacial score (nSPS) is 11.6. The number of hydrogen-bond donors (Lipinski definition) is 0. The van der Waals surface area contributed by atoms with Gasteiger partial charge in [0.2, 0.25) is 0 Å². The molecular formula is C11H21NO2. The van der Waals surface area contributed by atoms with E-state index in [0.717, 1.165) is 19.0 Å². The van der Waals surface area contributed by atoms with Crippen LogP contribution in [0.25, 0.3) is 0 Å². The number of carbonyl (C=O) groups excluding carboxylic acids is 1. The predicted molar refractivity (Wildman–Crippen MR) is 58.1 cm³/mol. The Morgan fingerprint density at radius 2 is 2.14 bits per heavy atom. The number of carbonyl (C=O) groups is 1. The minimum Gasteiger partial charge on any atom is -0.466 e. The zero-order chi connectivity index (χ0) is 11.0. The van der Waals surface area contributed by atoms with Gasteiger partial charge in [-0.1, -0.05) is 19.9 Å². The Morgan fingerprint density at radius 3 is 2.64 bits per heavy atom. The number of methoxy groups -OCH3 is 1. The highest BCUT2D eigenvalue weighted by Crippen LogP contribution is 2.00. The minimum atomic E-state index is -0.290. The average molecular weight is 199 g/mol. The maximum Gasteiger partial charge on any atom is 0.330 e. The Hall–Kier alpha value is -0.830. The molecular weight excluding hydrogens is 178 g/mol. The van der Waals surface area contributed by atoms with Crippen molar-refractivity contribution in [1.29, 1.82) is 0 Å². The van der Waals surface area contributed by atoms with Crippen molar-refractivity contribution in [2.45, 2.75) is 20.3 Å². The van der Waals surface area contributed by atoms with E-state index in [1.54, 1.807) is 0 Å². The molecule has 82 valence electrons. The van der Waals surface area contributed by atoms with Gasteiger partial charge in [-0.25, -0.2) is 4.79 Å². The molecule has 0 spiro atoms. The van der Waals surface area contributed by atoms with Gasteiger partial charge in [-0.2, -0.15) is 0 Å². The number of likely N-dealkylation sites (N-methyl/N-ethyl adjacent to an activating group) is 1. The van der Waals surface area contributed by atoms with Crippen molar-refractivity contribution < 1.29 is 9.53 Å². The van der Waals surface area contributed by atoms with E-state index in [1.165, 1.54) is 19.6 Å². The minimum absolute atomic E-state index is 0.290. The van der Waals surface area contributed by atoms with Crippen molar-refractivity contribution in [3.63, 3.8) is 0 Å². The van der Waals surface area contributed by atoms with Gasteiger partial charge < -0.3 is 9.64 Å². The molecule has 0 rings (SSSR count). The molecule has 0 aliphatic carbocycles. The average Bonchev–Trinajstić information content (AvgIpc) is 2.14. The van der Waals surface area contributed by atoms with Crippen molar-refractivity contribution in [3.8, 4) is 0 Å². The van der Waals surface area contributed by atoms with Gasteiger partial charge >= 0.3 is 5.97 Å². The summed E-state index contributed by atoms with van der Waals surface area (Å²) in [4.78, 5) is 12.9. The second kappa shape index (κ2) is 7.56. The summed E-state index contributed by atoms with van der Waals surface area (Å²) in [5.74, 6) is 0.435. The highest BCUT2D eigenvalue weighted by molar-refractivity contribution is 5.81. The summed E-state index contributed by atoms with van der Waals surface area (Å²) in [6, 6.07) is 0. The summed E-state index contributed by atoms with van der Waals surface area (Å²) in [5, 5.41) is 0. The van der Waals surface area contributed by atoms with Crippen LogP contribution in [0.1, 0.15) is 20.3 Å². The first-order chi connectivity index (χ1) is 6.56. The molecule has 0 aliphatic rings. The van der Waals surface area contributed by atoms with Crippen molar-refractivity contribution in [2.75, 3.05) is 27.2 Å². The molecule has 0 unspecified atom stereocenters. The van der Waals surface area contributed by atoms with Crippen LogP contribution in [0.5, 0.6) is 0 Å². The molecule has 0 radical (unpaired) electrons. The molecule has 0 heterocycles. The van der Waals surface area contributed by atoms with E-state index in [2.05, 4.69) is 23.5 Å². The molecule has 0 amide bonds. The molecule has 0 atom stereocenters. The fourth-order valence-electron chi connectivity index (χ4n) is 0.967. The highest BCUT2D eigenvalue weighted by Gasteiger charge is 1.98. The largest absolute Gasteiger partial charge is 0.466 e. The number of hydrogen-bond acceptors (Lipinski definition) is 3. The number of rotatable bonds is 6. The smallest absolute Gasteiger partial charge is 0.330 e. The van der Waals surface area contributed by atoms with E-state index in [0.29, 0.717) is 0 Å². The van der Waals surface area contributed by atoms with Crippen LogP contribution in [-0.2, 0) is 9.53 Å². The van der Waals surface area contributed by atoms with Crippen LogP contribution in [0, 0.1) is 5.92 Å². The van der Waals surface area contributed by atoms with E-state index in [-0.39, 0.29) is 5.97 Å². The van der Waals surface area contributed by atoms with Crippen LogP contribution in [0.15, 0.2) is 12.2 Å². The van der Waals surface area contributed by atoms with Crippen LogP contribution >= 0.6 is 0 Å². The van der Waals surface area contributed by atoms with Gasteiger partial charge in [0.05, 0.1) is 7.11 Å². The zero-order valence-corrected chi connectivity index (χ0v) is 9.62. The van der Waals surface area contributed by atoms with Gasteiger partial charge in [-0.05, 0) is 25.9 Å². The first kappa shape index (κ1) is 13.2. The van der Waals surface area contributed by atoms with E-state index < -0.39 is 0 Å². The molecule has 0 saturated heterocycles. The quantitative estimate of drug-likeness (QED) is 0.481. The second-order valence-corrected chi connectivity index (χ2v) is 3.87. The third-order valence-corrected chi connectivity index (χ3v) is 1.96. The van der Waals surface area contributed by atoms with E-state index in [1.807, 2.05) is 13.1 Å². The molecule has 3 heteroatoms. The molecule has 0 aromatic carbocycles. The SMILES string of the molecule is COC(=O)/C=C/CN(C)CCC(C)C. The maximum absolute atomic E-state index is 10.7. The zero-order valence-electron chi connectivity index (χ0n) is 9.62. The Bertz CT molecular complexity index is 188. The fraction of sp³-hybridized carbons (Fsp3) is 0.727. The monoisotopic (exact) mass is 199 g/mol. The van der Waals surface area contributed by atoms with Crippen molar-refractivity contribution in [1.82, 2.24) is 4.90 Å². The molecule has 0 aromatic rings. The molecule has 0 aliphatic heterocycles. The first-order valence-corrected chi connectivity index (χ1v) is 4.99. The number of ether oxygens (including phenoxy) is 1. The Balaban J connectivity index is 3.57. The summed E-state index contributed by atoms with van der Waals surface area (Å²) in [6.07, 6.45) is 4.47. The lowest BCUT2D eigenvalue weighted by atomic mass is 10.1. The lowest BCUT2D eigenvalue weighted by Crippen LogP contribution is -2.20. The van der Waals surface area contributed by atoms with Crippen LogP contribution in [0.2, 0.25) is 0 Å². The Morgan fingerprint density at radius 1 is 1.50 bits per heavy atom. The maximum atomic E-state index is 10.7. The topological polar surface area (TPSA) is 29.5 Å². The van der Waals surface area contributed by atoms with Crippen molar-refractivity contribution in [2.24, 2.45) is 5.92 Å². The lowest BCUT2D eigenvalue weighted by Gasteiger charge is -2.15. The summed E-state index contributed by atoms with van der Waals surface area (Å²) in [5.41, 5.74) is 0. The van der Waals surface area contributed by atoms with E-state index in [4.69, 9.17) is 0 Å². The van der Waals surface area contributed by atoms with E-state index in [9.17, 15) is 4.79 Å². The fourth-order valence-corrected chi connectivity index (χ4v) is 0.967. The number of nitrogens with zero attached hydrogens (tertiary/aromatic N) is 1. The van der Waals surface area contributed by atoms with Crippen LogP contribution in [-0.4, -0.2) is 38.1 Å². The molecule has 3 nitrogen and oxygen atoms in total. The van der Waals surface area contributed by atoms with Gasteiger partial charge in [0.25, 0.3) is 0 Å². The summed E-state index contributed by atoms with van der Waals surface area (Å²) in [7, 11) is 3.43. The van der Waals surface area contributed by atoms with Crippen molar-refractivity contribution in [3.05, 3.63) is 12.2 Å². The van der Waals surface area contributed by atoms with Gasteiger partial charge in [-0.3, -0.25) is 0 Å². The number of esters is 1. The second-order valence-electron chi connectivity index (χ2n) is 3.87. The third kappa shape index (κ3) is 7.80. The van der Waals surface area contributed by atoms with Crippen molar-refractivity contribution >= 4 is 5.97 Å². The van der Waals surface area contributed by atoms with Crippen LogP contribution < -0.4 is 0 Å². The van der Waals surface area contributed by atoms with Gasteiger partial charge in [-0.15, -0.1) is 0 Å². The van der Waals surface area contributed by atoms with Crippen LogP contribution in [0.4, 0.5) is 0 Å². The Kier molecular flexibility index (Phi) is 7.11. The van der Waals surface area contributed by atoms with E-state index >= 15 is 0 Å². The molecule has 0 N–H and O–H groups in total. The molecule has 0 aromatic heterocycles. The highest BCUT2D eigenvalue weighted by atomic mass is 16.5. The molecule has 0 bridgehead atoms. The summed E-state index contributed by atoms with van der Waals surface area (Å²) >= 11 is 0. The standard InChI is InChI=1S/C11H21NO2/c1-10(2)7-9-12(3)8-5-6-11(13)14-4/h5-6,10H,7-9H2,1-4H3/b6-5+. The van der Waals surface area contributed by atoms with Crippen LogP contribution in [0.3, 0.4) is 0 Å². The lowest BCUT2D eigenvalue weighted by molar-refractivity contribution is -0.134. The van der Waals surface area contributed by atoms with Gasteiger partial charge in [0.1, 0.15) is 0 Å². The molecule has 0 fully saturated rings. The third-order valence-electron chi connectivity index (χ3n) is 1.96. The summed E-state index contributed by atoms with van der Waals surface area (Å²) in [6.45, 7) is 6.27. The molecule has 14 heavy (non-hydrogen) atoms. The van der Waals surface area contributed by atoms with Gasteiger partial charge in [0.15, 0.2) is 0 Å². The first-order valence-electron chi connectivity index (χ1n) is 4.99. The summed E-state index contributed by atoms with van der Waals surface area (Å²) < 4.78 is 4.49. The van der Waals surface area contributed by atoms with Gasteiger partial charge in [0, 0.05) is 12.6 Å². The Labute approximate surface area is 86.7 Å².